The van der Waals surface area contributed by atoms with Crippen molar-refractivity contribution in [3.63, 3.8) is 0 Å². The van der Waals surface area contributed by atoms with E-state index >= 15 is 0 Å². The smallest absolute Gasteiger partial charge is 0.418 e. The number of fused-ring (bicyclic) bond motifs is 1. The number of benzene rings is 2. The lowest BCUT2D eigenvalue weighted by atomic mass is 10.2. The van der Waals surface area contributed by atoms with Gasteiger partial charge < -0.3 is 9.47 Å². The minimum absolute atomic E-state index is 0.246. The summed E-state index contributed by atoms with van der Waals surface area (Å²) in [5.74, 6) is 0.682. The van der Waals surface area contributed by atoms with E-state index in [-0.39, 0.29) is 6.61 Å². The van der Waals surface area contributed by atoms with Crippen LogP contribution in [0.4, 0.5) is 4.79 Å². The largest absolute Gasteiger partial charge is 0.492 e. The SMILES string of the molecule is CCOc1cccc2ccn(C(=O)OCc3ccccc3)c12. The summed E-state index contributed by atoms with van der Waals surface area (Å²) < 4.78 is 12.5. The van der Waals surface area contributed by atoms with Crippen LogP contribution >= 0.6 is 0 Å². The van der Waals surface area contributed by atoms with Gasteiger partial charge in [0.25, 0.3) is 0 Å². The molecule has 112 valence electrons. The molecule has 0 fully saturated rings. The van der Waals surface area contributed by atoms with Gasteiger partial charge in [0, 0.05) is 11.6 Å². The van der Waals surface area contributed by atoms with Crippen LogP contribution in [0.25, 0.3) is 10.9 Å². The van der Waals surface area contributed by atoms with Crippen molar-refractivity contribution in [3.05, 3.63) is 66.4 Å². The van der Waals surface area contributed by atoms with Crippen molar-refractivity contribution in [1.29, 1.82) is 0 Å². The van der Waals surface area contributed by atoms with E-state index < -0.39 is 6.09 Å². The van der Waals surface area contributed by atoms with E-state index in [1.807, 2.05) is 61.5 Å². The number of carbonyl (C=O) groups is 1. The zero-order valence-electron chi connectivity index (χ0n) is 12.4. The summed E-state index contributed by atoms with van der Waals surface area (Å²) in [4.78, 5) is 12.3. The molecule has 0 radical (unpaired) electrons. The van der Waals surface area contributed by atoms with E-state index in [9.17, 15) is 4.79 Å². The second kappa shape index (κ2) is 6.35. The summed E-state index contributed by atoms with van der Waals surface area (Å²) in [6.45, 7) is 2.71. The number of carbonyl (C=O) groups excluding carboxylic acids is 1. The molecule has 0 spiro atoms. The molecule has 0 aliphatic heterocycles. The van der Waals surface area contributed by atoms with Gasteiger partial charge in [-0.1, -0.05) is 42.5 Å². The molecule has 0 amide bonds. The van der Waals surface area contributed by atoms with E-state index in [2.05, 4.69) is 0 Å². The maximum atomic E-state index is 12.3. The molecule has 2 aromatic carbocycles. The molecule has 0 atom stereocenters. The number of ether oxygens (including phenoxy) is 2. The molecular formula is C18H17NO3. The van der Waals surface area contributed by atoms with E-state index in [4.69, 9.17) is 9.47 Å². The van der Waals surface area contributed by atoms with Gasteiger partial charge in [-0.15, -0.1) is 0 Å². The number of rotatable bonds is 4. The highest BCUT2D eigenvalue weighted by Gasteiger charge is 2.14. The number of hydrogen-bond acceptors (Lipinski definition) is 3. The van der Waals surface area contributed by atoms with E-state index in [1.54, 1.807) is 6.20 Å². The van der Waals surface area contributed by atoms with Gasteiger partial charge in [0.1, 0.15) is 17.9 Å². The molecule has 1 aromatic heterocycles. The van der Waals surface area contributed by atoms with Crippen LogP contribution in [-0.4, -0.2) is 17.3 Å². The van der Waals surface area contributed by atoms with Crippen molar-refractivity contribution < 1.29 is 14.3 Å². The van der Waals surface area contributed by atoms with Gasteiger partial charge in [-0.05, 0) is 24.6 Å². The first-order chi connectivity index (χ1) is 10.8. The highest BCUT2D eigenvalue weighted by molar-refractivity contribution is 5.93. The Kier molecular flexibility index (Phi) is 4.10. The Balaban J connectivity index is 1.84. The van der Waals surface area contributed by atoms with Gasteiger partial charge in [-0.2, -0.15) is 0 Å². The maximum Gasteiger partial charge on any atom is 0.418 e. The minimum atomic E-state index is -0.411. The first-order valence-electron chi connectivity index (χ1n) is 7.23. The van der Waals surface area contributed by atoms with Crippen molar-refractivity contribution >= 4 is 17.0 Å². The van der Waals surface area contributed by atoms with Crippen LogP contribution in [-0.2, 0) is 11.3 Å². The van der Waals surface area contributed by atoms with Crippen LogP contribution in [0.5, 0.6) is 5.75 Å². The van der Waals surface area contributed by atoms with Crippen LogP contribution in [0.2, 0.25) is 0 Å². The standard InChI is InChI=1S/C18H17NO3/c1-2-21-16-10-6-9-15-11-12-19(17(15)16)18(20)22-13-14-7-4-3-5-8-14/h3-12H,2,13H2,1H3. The summed E-state index contributed by atoms with van der Waals surface area (Å²) in [7, 11) is 0. The van der Waals surface area contributed by atoms with Crippen molar-refractivity contribution in [2.24, 2.45) is 0 Å². The monoisotopic (exact) mass is 295 g/mol. The molecular weight excluding hydrogens is 278 g/mol. The fourth-order valence-electron chi connectivity index (χ4n) is 2.37. The lowest BCUT2D eigenvalue weighted by molar-refractivity contribution is 0.142. The Hall–Kier alpha value is -2.75. The van der Waals surface area contributed by atoms with Gasteiger partial charge in [0.15, 0.2) is 0 Å². The Morgan fingerprint density at radius 2 is 1.86 bits per heavy atom. The van der Waals surface area contributed by atoms with Crippen molar-refractivity contribution in [1.82, 2.24) is 4.57 Å². The molecule has 0 unspecified atom stereocenters. The second-order valence-electron chi connectivity index (χ2n) is 4.85. The number of hydrogen-bond donors (Lipinski definition) is 0. The van der Waals surface area contributed by atoms with E-state index in [1.165, 1.54) is 4.57 Å². The fourth-order valence-corrected chi connectivity index (χ4v) is 2.37. The fraction of sp³-hybridized carbons (Fsp3) is 0.167. The average Bonchev–Trinajstić information content (AvgIpc) is 2.99. The third-order valence-corrected chi connectivity index (χ3v) is 3.38. The van der Waals surface area contributed by atoms with Gasteiger partial charge in [-0.25, -0.2) is 9.36 Å². The normalized spacial score (nSPS) is 10.6. The molecule has 3 rings (SSSR count). The van der Waals surface area contributed by atoms with Crippen molar-refractivity contribution in [2.75, 3.05) is 6.61 Å². The Labute approximate surface area is 128 Å². The highest BCUT2D eigenvalue weighted by Crippen LogP contribution is 2.27. The molecule has 3 aromatic rings. The Morgan fingerprint density at radius 1 is 1.05 bits per heavy atom. The van der Waals surface area contributed by atoms with Crippen LogP contribution in [0.3, 0.4) is 0 Å². The summed E-state index contributed by atoms with van der Waals surface area (Å²) >= 11 is 0. The summed E-state index contributed by atoms with van der Waals surface area (Å²) in [5.41, 5.74) is 1.69. The molecule has 0 aliphatic rings. The second-order valence-corrected chi connectivity index (χ2v) is 4.85. The summed E-state index contributed by atoms with van der Waals surface area (Å²) in [6, 6.07) is 17.2. The van der Waals surface area contributed by atoms with Crippen LogP contribution in [0, 0.1) is 0 Å². The third-order valence-electron chi connectivity index (χ3n) is 3.38. The quantitative estimate of drug-likeness (QED) is 0.723. The zero-order valence-corrected chi connectivity index (χ0v) is 12.4. The molecule has 1 heterocycles. The number of nitrogens with zero attached hydrogens (tertiary/aromatic N) is 1. The molecule has 4 heteroatoms. The predicted octanol–water partition coefficient (Wildman–Crippen LogP) is 4.22. The maximum absolute atomic E-state index is 12.3. The lowest BCUT2D eigenvalue weighted by Crippen LogP contribution is -2.13. The highest BCUT2D eigenvalue weighted by atomic mass is 16.5. The third kappa shape index (κ3) is 2.81. The Morgan fingerprint density at radius 3 is 2.64 bits per heavy atom. The Bertz CT molecular complexity index is 777. The van der Waals surface area contributed by atoms with Gasteiger partial charge in [0.2, 0.25) is 0 Å². The first kappa shape index (κ1) is 14.2. The van der Waals surface area contributed by atoms with Crippen molar-refractivity contribution in [2.45, 2.75) is 13.5 Å². The van der Waals surface area contributed by atoms with Gasteiger partial charge >= 0.3 is 6.09 Å². The molecule has 4 nitrogen and oxygen atoms in total. The molecule has 0 aliphatic carbocycles. The molecule has 0 saturated heterocycles. The van der Waals surface area contributed by atoms with E-state index in [0.29, 0.717) is 12.4 Å². The number of aromatic nitrogens is 1. The van der Waals surface area contributed by atoms with Crippen molar-refractivity contribution in [3.8, 4) is 5.75 Å². The molecule has 0 N–H and O–H groups in total. The summed E-state index contributed by atoms with van der Waals surface area (Å²) in [5, 5.41) is 0.947. The average molecular weight is 295 g/mol. The molecule has 22 heavy (non-hydrogen) atoms. The van der Waals surface area contributed by atoms with E-state index in [0.717, 1.165) is 16.5 Å². The van der Waals surface area contributed by atoms with Gasteiger partial charge in [0.05, 0.1) is 6.61 Å². The lowest BCUT2D eigenvalue weighted by Gasteiger charge is -2.10. The molecule has 0 bridgehead atoms. The zero-order chi connectivity index (χ0) is 15.4. The topological polar surface area (TPSA) is 40.5 Å². The minimum Gasteiger partial charge on any atom is -0.492 e. The molecule has 0 saturated carbocycles. The number of para-hydroxylation sites is 1. The first-order valence-corrected chi connectivity index (χ1v) is 7.23. The summed E-state index contributed by atoms with van der Waals surface area (Å²) in [6.07, 6.45) is 1.30. The van der Waals surface area contributed by atoms with Crippen LogP contribution in [0.1, 0.15) is 12.5 Å². The predicted molar refractivity (Wildman–Crippen MR) is 85.1 cm³/mol. The van der Waals surface area contributed by atoms with Crippen LogP contribution in [0.15, 0.2) is 60.8 Å². The van der Waals surface area contributed by atoms with Crippen LogP contribution < -0.4 is 4.74 Å². The van der Waals surface area contributed by atoms with Gasteiger partial charge in [-0.3, -0.25) is 0 Å².